The van der Waals surface area contributed by atoms with Crippen molar-refractivity contribution in [2.24, 2.45) is 11.8 Å². The third-order valence-corrected chi connectivity index (χ3v) is 4.99. The molecular formula is C16H23BN2O3. The molecule has 0 spiro atoms. The Morgan fingerprint density at radius 3 is 2.45 bits per heavy atom. The molecule has 1 aliphatic heterocycles. The Morgan fingerprint density at radius 2 is 1.91 bits per heavy atom. The van der Waals surface area contributed by atoms with Crippen molar-refractivity contribution in [2.45, 2.75) is 52.2 Å². The second-order valence-electron chi connectivity index (χ2n) is 7.37. The predicted octanol–water partition coefficient (Wildman–Crippen LogP) is 1.98. The summed E-state index contributed by atoms with van der Waals surface area (Å²) in [5, 5.41) is 2.95. The topological polar surface area (TPSA) is 60.5 Å². The molecule has 6 heteroatoms. The van der Waals surface area contributed by atoms with Gasteiger partial charge in [-0.2, -0.15) is 0 Å². The van der Waals surface area contributed by atoms with Gasteiger partial charge < -0.3 is 14.6 Å². The summed E-state index contributed by atoms with van der Waals surface area (Å²) >= 11 is 0. The molecule has 0 bridgehead atoms. The Labute approximate surface area is 131 Å². The molecule has 118 valence electrons. The number of nitrogens with one attached hydrogen (secondary N) is 1. The lowest BCUT2D eigenvalue weighted by Gasteiger charge is -2.32. The van der Waals surface area contributed by atoms with Crippen molar-refractivity contribution in [2.75, 3.05) is 5.32 Å². The molecule has 22 heavy (non-hydrogen) atoms. The molecule has 0 aromatic carbocycles. The molecule has 2 atom stereocenters. The molecule has 2 unspecified atom stereocenters. The van der Waals surface area contributed by atoms with E-state index in [0.717, 1.165) is 12.1 Å². The summed E-state index contributed by atoms with van der Waals surface area (Å²) < 4.78 is 12.0. The van der Waals surface area contributed by atoms with Gasteiger partial charge in [-0.15, -0.1) is 0 Å². The number of hydrogen-bond donors (Lipinski definition) is 1. The fourth-order valence-corrected chi connectivity index (χ4v) is 2.54. The van der Waals surface area contributed by atoms with Crippen LogP contribution in [0.5, 0.6) is 0 Å². The van der Waals surface area contributed by atoms with Crippen molar-refractivity contribution in [3.63, 3.8) is 0 Å². The molecule has 1 amide bonds. The first kappa shape index (κ1) is 15.5. The lowest BCUT2D eigenvalue weighted by atomic mass is 9.84. The highest BCUT2D eigenvalue weighted by Gasteiger charge is 2.52. The summed E-state index contributed by atoms with van der Waals surface area (Å²) in [6, 6.07) is 3.62. The molecule has 2 aliphatic rings. The Hall–Kier alpha value is -1.40. The van der Waals surface area contributed by atoms with Crippen LogP contribution in [0.15, 0.2) is 18.3 Å². The Bertz CT molecular complexity index is 587. The summed E-state index contributed by atoms with van der Waals surface area (Å²) in [7, 11) is -0.512. The zero-order chi connectivity index (χ0) is 16.1. The summed E-state index contributed by atoms with van der Waals surface area (Å²) in [4.78, 5) is 16.4. The third kappa shape index (κ3) is 2.77. The lowest BCUT2D eigenvalue weighted by Crippen LogP contribution is -2.41. The number of nitrogens with zero attached hydrogens (tertiary/aromatic N) is 1. The zero-order valence-electron chi connectivity index (χ0n) is 13.8. The van der Waals surface area contributed by atoms with Crippen LogP contribution in [-0.2, 0) is 14.1 Å². The number of hydrogen-bond acceptors (Lipinski definition) is 4. The van der Waals surface area contributed by atoms with E-state index < -0.39 is 18.3 Å². The molecule has 5 nitrogen and oxygen atoms in total. The van der Waals surface area contributed by atoms with Gasteiger partial charge >= 0.3 is 7.12 Å². The first-order valence-corrected chi connectivity index (χ1v) is 7.82. The molecular weight excluding hydrogens is 279 g/mol. The Morgan fingerprint density at radius 1 is 1.32 bits per heavy atom. The van der Waals surface area contributed by atoms with Gasteiger partial charge in [0.15, 0.2) is 0 Å². The highest BCUT2D eigenvalue weighted by atomic mass is 16.7. The van der Waals surface area contributed by atoms with E-state index in [0.29, 0.717) is 11.5 Å². The largest absolute Gasteiger partial charge is 0.514 e. The third-order valence-electron chi connectivity index (χ3n) is 4.99. The summed E-state index contributed by atoms with van der Waals surface area (Å²) in [6.07, 6.45) is 2.65. The summed E-state index contributed by atoms with van der Waals surface area (Å²) in [6.45, 7) is 10.1. The first-order chi connectivity index (χ1) is 10.2. The van der Waals surface area contributed by atoms with Crippen LogP contribution < -0.4 is 10.9 Å². The van der Waals surface area contributed by atoms with Crippen LogP contribution in [0, 0.1) is 11.8 Å². The van der Waals surface area contributed by atoms with E-state index in [-0.39, 0.29) is 11.8 Å². The van der Waals surface area contributed by atoms with E-state index in [1.807, 2.05) is 33.8 Å². The van der Waals surface area contributed by atoms with Gasteiger partial charge in [0.2, 0.25) is 5.91 Å². The number of anilines is 1. The smallest absolute Gasteiger partial charge is 0.398 e. The molecule has 1 saturated heterocycles. The van der Waals surface area contributed by atoms with Crippen molar-refractivity contribution in [3.05, 3.63) is 18.3 Å². The van der Waals surface area contributed by atoms with E-state index in [1.165, 1.54) is 0 Å². The van der Waals surface area contributed by atoms with E-state index in [4.69, 9.17) is 9.31 Å². The average molecular weight is 302 g/mol. The van der Waals surface area contributed by atoms with Gasteiger partial charge in [0, 0.05) is 17.8 Å². The van der Waals surface area contributed by atoms with Crippen molar-refractivity contribution in [3.8, 4) is 0 Å². The molecule has 3 rings (SSSR count). The summed E-state index contributed by atoms with van der Waals surface area (Å²) in [5.74, 6) is 0.719. The van der Waals surface area contributed by atoms with Gasteiger partial charge in [0.1, 0.15) is 0 Å². The van der Waals surface area contributed by atoms with Gasteiger partial charge in [-0.3, -0.25) is 9.78 Å². The fourth-order valence-electron chi connectivity index (χ4n) is 2.54. The molecule has 2 fully saturated rings. The van der Waals surface area contributed by atoms with E-state index >= 15 is 0 Å². The zero-order valence-corrected chi connectivity index (χ0v) is 13.8. The second-order valence-corrected chi connectivity index (χ2v) is 7.37. The maximum atomic E-state index is 12.0. The Kier molecular flexibility index (Phi) is 3.57. The standard InChI is InChI=1S/C16H23BN2O3/c1-10-8-12(10)14(20)19-11-6-7-18-13(9-11)17-21-15(2,3)16(4,5)22-17/h6-7,9-10,12H,8H2,1-5H3,(H,18,19,20). The normalized spacial score (nSPS) is 28.5. The van der Waals surface area contributed by atoms with Crippen molar-refractivity contribution in [1.82, 2.24) is 4.98 Å². The van der Waals surface area contributed by atoms with Crippen LogP contribution in [0.1, 0.15) is 41.0 Å². The van der Waals surface area contributed by atoms with Gasteiger partial charge in [-0.25, -0.2) is 0 Å². The molecule has 0 radical (unpaired) electrons. The molecule has 1 aliphatic carbocycles. The Balaban J connectivity index is 1.73. The van der Waals surface area contributed by atoms with Crippen LogP contribution in [0.3, 0.4) is 0 Å². The van der Waals surface area contributed by atoms with Crippen molar-refractivity contribution in [1.29, 1.82) is 0 Å². The average Bonchev–Trinajstić information content (AvgIpc) is 3.09. The number of carbonyl (C=O) groups excluding carboxylic acids is 1. The van der Waals surface area contributed by atoms with Crippen LogP contribution in [-0.4, -0.2) is 29.2 Å². The van der Waals surface area contributed by atoms with Gasteiger partial charge in [-0.05, 0) is 52.2 Å². The van der Waals surface area contributed by atoms with Crippen LogP contribution in [0.4, 0.5) is 5.69 Å². The minimum Gasteiger partial charge on any atom is -0.398 e. The first-order valence-electron chi connectivity index (χ1n) is 7.82. The number of carbonyl (C=O) groups is 1. The van der Waals surface area contributed by atoms with E-state index in [1.54, 1.807) is 12.3 Å². The van der Waals surface area contributed by atoms with Gasteiger partial charge in [-0.1, -0.05) is 6.92 Å². The highest BCUT2D eigenvalue weighted by Crippen LogP contribution is 2.38. The second kappa shape index (κ2) is 5.06. The monoisotopic (exact) mass is 302 g/mol. The number of rotatable bonds is 3. The lowest BCUT2D eigenvalue weighted by molar-refractivity contribution is -0.117. The van der Waals surface area contributed by atoms with Crippen LogP contribution in [0.2, 0.25) is 0 Å². The molecule has 1 aromatic heterocycles. The van der Waals surface area contributed by atoms with Crippen LogP contribution >= 0.6 is 0 Å². The van der Waals surface area contributed by atoms with Crippen molar-refractivity contribution < 1.29 is 14.1 Å². The highest BCUT2D eigenvalue weighted by molar-refractivity contribution is 6.61. The van der Waals surface area contributed by atoms with Crippen LogP contribution in [0.25, 0.3) is 0 Å². The molecule has 1 aromatic rings. The van der Waals surface area contributed by atoms with E-state index in [2.05, 4.69) is 17.2 Å². The number of amides is 1. The number of pyridine rings is 1. The van der Waals surface area contributed by atoms with Crippen molar-refractivity contribution >= 4 is 24.3 Å². The van der Waals surface area contributed by atoms with E-state index in [9.17, 15) is 4.79 Å². The maximum absolute atomic E-state index is 12.0. The molecule has 1 N–H and O–H groups in total. The molecule has 2 heterocycles. The van der Waals surface area contributed by atoms with Gasteiger partial charge in [0.25, 0.3) is 0 Å². The quantitative estimate of drug-likeness (QED) is 0.867. The maximum Gasteiger partial charge on any atom is 0.514 e. The summed E-state index contributed by atoms with van der Waals surface area (Å²) in [5.41, 5.74) is 0.619. The fraction of sp³-hybridized carbons (Fsp3) is 0.625. The minimum atomic E-state index is -0.512. The predicted molar refractivity (Wildman–Crippen MR) is 85.9 cm³/mol. The minimum absolute atomic E-state index is 0.0820. The SMILES string of the molecule is CC1CC1C(=O)Nc1ccnc(B2OC(C)(C)C(C)(C)O2)c1. The molecule has 1 saturated carbocycles. The van der Waals surface area contributed by atoms with Gasteiger partial charge in [0.05, 0.1) is 16.8 Å². The number of aromatic nitrogens is 1.